The van der Waals surface area contributed by atoms with Crippen LogP contribution in [0.15, 0.2) is 24.3 Å². The second-order valence-electron chi connectivity index (χ2n) is 8.36. The molecule has 0 unspecified atom stereocenters. The molecule has 0 bridgehead atoms. The zero-order valence-corrected chi connectivity index (χ0v) is 18.8. The molecule has 11 heteroatoms. The van der Waals surface area contributed by atoms with E-state index in [-0.39, 0.29) is 30.4 Å². The number of aromatic nitrogens is 4. The molecule has 2 amide bonds. The number of piperazine rings is 1. The second-order valence-corrected chi connectivity index (χ2v) is 8.79. The van der Waals surface area contributed by atoms with Gasteiger partial charge in [0.15, 0.2) is 0 Å². The zero-order chi connectivity index (χ0) is 22.7. The van der Waals surface area contributed by atoms with E-state index < -0.39 is 6.10 Å². The summed E-state index contributed by atoms with van der Waals surface area (Å²) >= 11 is 5.90. The molecule has 3 atom stereocenters. The maximum Gasteiger partial charge on any atom is 0.243 e. The molecule has 1 aliphatic heterocycles. The first kappa shape index (κ1) is 22.6. The minimum Gasteiger partial charge on any atom is -0.389 e. The fraction of sp³-hybridized carbons (Fsp3) is 0.571. The molecule has 1 aromatic carbocycles. The topological polar surface area (TPSA) is 116 Å². The summed E-state index contributed by atoms with van der Waals surface area (Å²) in [6.07, 6.45) is 1.85. The highest BCUT2D eigenvalue weighted by molar-refractivity contribution is 6.30. The first-order valence-electron chi connectivity index (χ1n) is 10.9. The average molecular weight is 462 g/mol. The second kappa shape index (κ2) is 9.93. The molecule has 4 rings (SSSR count). The van der Waals surface area contributed by atoms with Gasteiger partial charge in [-0.3, -0.25) is 14.5 Å². The number of hydrogen-bond donors (Lipinski definition) is 2. The number of tetrazole rings is 1. The smallest absolute Gasteiger partial charge is 0.243 e. The molecule has 0 spiro atoms. The van der Waals surface area contributed by atoms with Crippen molar-refractivity contribution in [3.05, 3.63) is 29.3 Å². The number of amides is 2. The normalized spacial score (nSPS) is 24.3. The molecule has 2 N–H and O–H groups in total. The van der Waals surface area contributed by atoms with Crippen LogP contribution in [0.4, 0.5) is 0 Å². The number of nitrogens with one attached hydrogen (secondary N) is 1. The first-order chi connectivity index (χ1) is 15.4. The Morgan fingerprint density at radius 1 is 1.16 bits per heavy atom. The number of nitrogens with zero attached hydrogens (tertiary/aromatic N) is 6. The van der Waals surface area contributed by atoms with Crippen molar-refractivity contribution in [1.82, 2.24) is 35.3 Å². The molecular weight excluding hydrogens is 434 g/mol. The summed E-state index contributed by atoms with van der Waals surface area (Å²) < 4.78 is 0. The van der Waals surface area contributed by atoms with Crippen molar-refractivity contribution < 1.29 is 14.7 Å². The van der Waals surface area contributed by atoms with Crippen LogP contribution < -0.4 is 5.32 Å². The van der Waals surface area contributed by atoms with Crippen LogP contribution in [-0.4, -0.2) is 91.3 Å². The molecule has 10 nitrogen and oxygen atoms in total. The van der Waals surface area contributed by atoms with E-state index in [1.54, 1.807) is 31.2 Å². The fourth-order valence-corrected chi connectivity index (χ4v) is 4.61. The summed E-state index contributed by atoms with van der Waals surface area (Å²) in [4.78, 5) is 29.5. The number of rotatable bonds is 5. The van der Waals surface area contributed by atoms with Gasteiger partial charge in [-0.15, -0.1) is 10.2 Å². The quantitative estimate of drug-likeness (QED) is 0.668. The molecule has 0 radical (unpaired) electrons. The Hall–Kier alpha value is -2.56. The Balaban J connectivity index is 1.31. The van der Waals surface area contributed by atoms with Gasteiger partial charge in [-0.2, -0.15) is 4.80 Å². The highest BCUT2D eigenvalue weighted by Gasteiger charge is 2.37. The van der Waals surface area contributed by atoms with Crippen LogP contribution in [0.2, 0.25) is 5.02 Å². The maximum atomic E-state index is 12.6. The SMILES string of the molecule is CC(=O)N1CCN([C@@H]2CCC[C@@H](NC(=O)Cn3nnc(-c4ccc(Cl)cc4)n3)[C@H]2O)CC1. The van der Waals surface area contributed by atoms with Crippen LogP contribution in [0.3, 0.4) is 0 Å². The molecule has 1 aromatic heterocycles. The largest absolute Gasteiger partial charge is 0.389 e. The fourth-order valence-electron chi connectivity index (χ4n) is 4.49. The van der Waals surface area contributed by atoms with E-state index >= 15 is 0 Å². The van der Waals surface area contributed by atoms with E-state index in [2.05, 4.69) is 25.6 Å². The molecular formula is C21H28ClN7O3. The van der Waals surface area contributed by atoms with E-state index in [0.717, 1.165) is 37.9 Å². The molecule has 32 heavy (non-hydrogen) atoms. The molecule has 172 valence electrons. The van der Waals surface area contributed by atoms with Gasteiger partial charge in [0.05, 0.1) is 12.1 Å². The summed E-state index contributed by atoms with van der Waals surface area (Å²) in [5, 5.41) is 26.7. The molecule has 2 fully saturated rings. The Bertz CT molecular complexity index is 943. The van der Waals surface area contributed by atoms with Crippen LogP contribution in [0.5, 0.6) is 0 Å². The number of carbonyl (C=O) groups excluding carboxylic acids is 2. The lowest BCUT2D eigenvalue weighted by Crippen LogP contribution is -2.60. The zero-order valence-electron chi connectivity index (χ0n) is 18.0. The summed E-state index contributed by atoms with van der Waals surface area (Å²) in [5.41, 5.74) is 0.761. The monoisotopic (exact) mass is 461 g/mol. The number of aliphatic hydroxyl groups excluding tert-OH is 1. The third-order valence-electron chi connectivity index (χ3n) is 6.24. The van der Waals surface area contributed by atoms with Gasteiger partial charge in [-0.25, -0.2) is 0 Å². The number of carbonyl (C=O) groups is 2. The van der Waals surface area contributed by atoms with Crippen LogP contribution in [0, 0.1) is 0 Å². The summed E-state index contributed by atoms with van der Waals surface area (Å²) in [6.45, 7) is 4.31. The van der Waals surface area contributed by atoms with E-state index in [1.807, 2.05) is 4.90 Å². The van der Waals surface area contributed by atoms with Gasteiger partial charge in [-0.1, -0.05) is 11.6 Å². The Morgan fingerprint density at radius 3 is 2.56 bits per heavy atom. The highest BCUT2D eigenvalue weighted by atomic mass is 35.5. The highest BCUT2D eigenvalue weighted by Crippen LogP contribution is 2.25. The van der Waals surface area contributed by atoms with E-state index in [0.29, 0.717) is 23.9 Å². The van der Waals surface area contributed by atoms with Crippen LogP contribution >= 0.6 is 11.6 Å². The number of hydrogen-bond acceptors (Lipinski definition) is 7. The Morgan fingerprint density at radius 2 is 1.88 bits per heavy atom. The molecule has 1 aliphatic carbocycles. The third kappa shape index (κ3) is 5.25. The number of benzene rings is 1. The van der Waals surface area contributed by atoms with Crippen LogP contribution in [0.25, 0.3) is 11.4 Å². The summed E-state index contributed by atoms with van der Waals surface area (Å²) in [5.74, 6) is 0.230. The third-order valence-corrected chi connectivity index (χ3v) is 6.49. The summed E-state index contributed by atoms with van der Waals surface area (Å²) in [6, 6.07) is 6.71. The van der Waals surface area contributed by atoms with Gasteiger partial charge in [0.2, 0.25) is 17.6 Å². The van der Waals surface area contributed by atoms with Crippen molar-refractivity contribution in [1.29, 1.82) is 0 Å². The predicted molar refractivity (Wildman–Crippen MR) is 118 cm³/mol. The van der Waals surface area contributed by atoms with Crippen molar-refractivity contribution in [2.45, 2.75) is 50.9 Å². The van der Waals surface area contributed by atoms with E-state index in [4.69, 9.17) is 11.6 Å². The Labute approximate surface area is 191 Å². The molecule has 2 heterocycles. The number of halogens is 1. The van der Waals surface area contributed by atoms with Crippen LogP contribution in [-0.2, 0) is 16.1 Å². The van der Waals surface area contributed by atoms with Gasteiger partial charge < -0.3 is 15.3 Å². The molecule has 1 saturated heterocycles. The van der Waals surface area contributed by atoms with Crippen molar-refractivity contribution in [3.8, 4) is 11.4 Å². The maximum absolute atomic E-state index is 12.6. The van der Waals surface area contributed by atoms with Crippen molar-refractivity contribution in [2.24, 2.45) is 0 Å². The lowest BCUT2D eigenvalue weighted by Gasteiger charge is -2.45. The first-order valence-corrected chi connectivity index (χ1v) is 11.3. The Kier molecular flexibility index (Phi) is 7.02. The van der Waals surface area contributed by atoms with Crippen molar-refractivity contribution in [2.75, 3.05) is 26.2 Å². The number of aliphatic hydroxyl groups is 1. The molecule has 1 saturated carbocycles. The molecule has 2 aromatic rings. The van der Waals surface area contributed by atoms with Crippen LogP contribution in [0.1, 0.15) is 26.2 Å². The average Bonchev–Trinajstić information content (AvgIpc) is 3.24. The molecule has 2 aliphatic rings. The minimum absolute atomic E-state index is 0.0239. The van der Waals surface area contributed by atoms with E-state index in [9.17, 15) is 14.7 Å². The van der Waals surface area contributed by atoms with Gasteiger partial charge >= 0.3 is 0 Å². The summed E-state index contributed by atoms with van der Waals surface area (Å²) in [7, 11) is 0. The predicted octanol–water partition coefficient (Wildman–Crippen LogP) is 0.556. The standard InChI is InChI=1S/C21H28ClN7O3/c1-14(30)27-9-11-28(12-10-27)18-4-2-3-17(20(18)32)23-19(31)13-29-25-21(24-26-29)15-5-7-16(22)8-6-15/h5-8,17-18,20,32H,2-4,9-13H2,1H3,(H,23,31)/t17-,18-,20-/m1/s1. The van der Waals surface area contributed by atoms with Crippen molar-refractivity contribution in [3.63, 3.8) is 0 Å². The van der Waals surface area contributed by atoms with Crippen molar-refractivity contribution >= 4 is 23.4 Å². The van der Waals surface area contributed by atoms with E-state index in [1.165, 1.54) is 4.80 Å². The van der Waals surface area contributed by atoms with Gasteiger partial charge in [0.25, 0.3) is 0 Å². The van der Waals surface area contributed by atoms with Gasteiger partial charge in [0.1, 0.15) is 6.54 Å². The lowest BCUT2D eigenvalue weighted by atomic mass is 9.86. The van der Waals surface area contributed by atoms with Gasteiger partial charge in [0, 0.05) is 49.7 Å². The van der Waals surface area contributed by atoms with Gasteiger partial charge in [-0.05, 0) is 48.7 Å². The lowest BCUT2D eigenvalue weighted by molar-refractivity contribution is -0.132. The minimum atomic E-state index is -0.662.